The Bertz CT molecular complexity index is 403. The van der Waals surface area contributed by atoms with Crippen LogP contribution in [-0.4, -0.2) is 9.97 Å². The number of nitrogens with two attached hydrogens (primary N) is 1. The van der Waals surface area contributed by atoms with Crippen molar-refractivity contribution in [3.63, 3.8) is 0 Å². The second-order valence-electron chi connectivity index (χ2n) is 2.66. The van der Waals surface area contributed by atoms with Gasteiger partial charge in [0.25, 0.3) is 0 Å². The van der Waals surface area contributed by atoms with Crippen molar-refractivity contribution in [2.24, 2.45) is 0 Å². The molecule has 0 aliphatic rings. The van der Waals surface area contributed by atoms with E-state index in [0.717, 1.165) is 11.4 Å². The predicted octanol–water partition coefficient (Wildman–Crippen LogP) is 1.72. The van der Waals surface area contributed by atoms with E-state index in [-0.39, 0.29) is 17.1 Å². The SMILES string of the molecule is Nc1cccnc1-c1ccccn1.[Cu]. The van der Waals surface area contributed by atoms with Crippen LogP contribution in [0, 0.1) is 0 Å². The van der Waals surface area contributed by atoms with Gasteiger partial charge < -0.3 is 5.73 Å². The number of aromatic nitrogens is 2. The van der Waals surface area contributed by atoms with Gasteiger partial charge in [-0.3, -0.25) is 9.97 Å². The maximum absolute atomic E-state index is 5.75. The van der Waals surface area contributed by atoms with Crippen LogP contribution in [0.5, 0.6) is 0 Å². The van der Waals surface area contributed by atoms with Gasteiger partial charge in [-0.2, -0.15) is 0 Å². The summed E-state index contributed by atoms with van der Waals surface area (Å²) >= 11 is 0. The molecule has 75 valence electrons. The largest absolute Gasteiger partial charge is 0.397 e. The summed E-state index contributed by atoms with van der Waals surface area (Å²) in [6.45, 7) is 0. The van der Waals surface area contributed by atoms with Gasteiger partial charge >= 0.3 is 0 Å². The molecule has 2 N–H and O–H groups in total. The molecule has 0 atom stereocenters. The molecule has 2 aromatic rings. The van der Waals surface area contributed by atoms with Crippen LogP contribution in [-0.2, 0) is 17.1 Å². The Morgan fingerprint density at radius 3 is 2.36 bits per heavy atom. The normalized spacial score (nSPS) is 9.14. The molecule has 0 saturated carbocycles. The van der Waals surface area contributed by atoms with Crippen LogP contribution in [0.1, 0.15) is 0 Å². The smallest absolute Gasteiger partial charge is 0.111 e. The van der Waals surface area contributed by atoms with Crippen LogP contribution >= 0.6 is 0 Å². The van der Waals surface area contributed by atoms with Crippen LogP contribution in [0.2, 0.25) is 0 Å². The van der Waals surface area contributed by atoms with Gasteiger partial charge in [-0.15, -0.1) is 0 Å². The number of hydrogen-bond donors (Lipinski definition) is 1. The Morgan fingerprint density at radius 2 is 1.71 bits per heavy atom. The monoisotopic (exact) mass is 234 g/mol. The van der Waals surface area contributed by atoms with Gasteiger partial charge in [0.05, 0.1) is 11.4 Å². The van der Waals surface area contributed by atoms with E-state index in [4.69, 9.17) is 5.73 Å². The number of rotatable bonds is 1. The van der Waals surface area contributed by atoms with Crippen LogP contribution < -0.4 is 5.73 Å². The van der Waals surface area contributed by atoms with Crippen molar-refractivity contribution in [1.29, 1.82) is 0 Å². The third kappa shape index (κ3) is 2.10. The van der Waals surface area contributed by atoms with Crippen molar-refractivity contribution in [3.8, 4) is 11.4 Å². The summed E-state index contributed by atoms with van der Waals surface area (Å²) in [6.07, 6.45) is 3.43. The van der Waals surface area contributed by atoms with Crippen molar-refractivity contribution >= 4 is 5.69 Å². The molecular weight excluding hydrogens is 226 g/mol. The van der Waals surface area contributed by atoms with Crippen molar-refractivity contribution < 1.29 is 17.1 Å². The third-order valence-electron chi connectivity index (χ3n) is 1.75. The first-order valence-corrected chi connectivity index (χ1v) is 4.00. The topological polar surface area (TPSA) is 51.8 Å². The first kappa shape index (κ1) is 10.7. The standard InChI is InChI=1S/C10H9N3.Cu/c11-8-4-3-7-13-10(8)9-5-1-2-6-12-9;/h1-7H,11H2;. The molecule has 0 aliphatic heterocycles. The summed E-state index contributed by atoms with van der Waals surface area (Å²) in [6, 6.07) is 9.29. The minimum absolute atomic E-state index is 0. The van der Waals surface area contributed by atoms with Gasteiger partial charge in [0.1, 0.15) is 5.69 Å². The van der Waals surface area contributed by atoms with E-state index in [9.17, 15) is 0 Å². The molecule has 3 nitrogen and oxygen atoms in total. The molecule has 4 heteroatoms. The van der Waals surface area contributed by atoms with Crippen molar-refractivity contribution in [2.45, 2.75) is 0 Å². The molecule has 14 heavy (non-hydrogen) atoms. The van der Waals surface area contributed by atoms with Crippen LogP contribution in [0.15, 0.2) is 42.7 Å². The summed E-state index contributed by atoms with van der Waals surface area (Å²) in [4.78, 5) is 8.33. The van der Waals surface area contributed by atoms with Crippen LogP contribution in [0.4, 0.5) is 5.69 Å². The number of pyridine rings is 2. The molecule has 0 fully saturated rings. The molecule has 0 bridgehead atoms. The average Bonchev–Trinajstić information content (AvgIpc) is 2.20. The second-order valence-corrected chi connectivity index (χ2v) is 2.66. The van der Waals surface area contributed by atoms with E-state index in [0.29, 0.717) is 5.69 Å². The fourth-order valence-electron chi connectivity index (χ4n) is 1.13. The number of hydrogen-bond acceptors (Lipinski definition) is 3. The summed E-state index contributed by atoms with van der Waals surface area (Å²) < 4.78 is 0. The molecule has 0 aliphatic carbocycles. The summed E-state index contributed by atoms with van der Waals surface area (Å²) in [5, 5.41) is 0. The fourth-order valence-corrected chi connectivity index (χ4v) is 1.13. The minimum atomic E-state index is 0. The molecule has 0 saturated heterocycles. The molecule has 0 aromatic carbocycles. The van der Waals surface area contributed by atoms with Gasteiger partial charge in [0, 0.05) is 29.5 Å². The van der Waals surface area contributed by atoms with Gasteiger partial charge in [0.15, 0.2) is 0 Å². The van der Waals surface area contributed by atoms with E-state index in [2.05, 4.69) is 9.97 Å². The van der Waals surface area contributed by atoms with Gasteiger partial charge in [-0.05, 0) is 24.3 Å². The van der Waals surface area contributed by atoms with Gasteiger partial charge in [0.2, 0.25) is 0 Å². The third-order valence-corrected chi connectivity index (χ3v) is 1.75. The Kier molecular flexibility index (Phi) is 3.63. The maximum atomic E-state index is 5.75. The Balaban J connectivity index is 0.000000980. The molecular formula is C10H9CuN3. The van der Waals surface area contributed by atoms with E-state index in [1.165, 1.54) is 0 Å². The Morgan fingerprint density at radius 1 is 0.929 bits per heavy atom. The minimum Gasteiger partial charge on any atom is -0.397 e. The maximum Gasteiger partial charge on any atom is 0.111 e. The quantitative estimate of drug-likeness (QED) is 0.765. The van der Waals surface area contributed by atoms with E-state index >= 15 is 0 Å². The molecule has 0 unspecified atom stereocenters. The van der Waals surface area contributed by atoms with Gasteiger partial charge in [-0.25, -0.2) is 0 Å². The zero-order valence-corrected chi connectivity index (χ0v) is 8.26. The number of nitrogens with zero attached hydrogens (tertiary/aromatic N) is 2. The molecule has 0 amide bonds. The van der Waals surface area contributed by atoms with E-state index in [1.807, 2.05) is 30.3 Å². The van der Waals surface area contributed by atoms with Crippen LogP contribution in [0.3, 0.4) is 0 Å². The Hall–Kier alpha value is -1.38. The predicted molar refractivity (Wildman–Crippen MR) is 51.9 cm³/mol. The zero-order chi connectivity index (χ0) is 9.10. The van der Waals surface area contributed by atoms with Crippen LogP contribution in [0.25, 0.3) is 11.4 Å². The number of anilines is 1. The summed E-state index contributed by atoms with van der Waals surface area (Å²) in [5.74, 6) is 0. The number of nitrogen functional groups attached to an aromatic ring is 1. The first-order valence-electron chi connectivity index (χ1n) is 4.00. The fraction of sp³-hybridized carbons (Fsp3) is 0. The van der Waals surface area contributed by atoms with Crippen molar-refractivity contribution in [2.75, 3.05) is 5.73 Å². The van der Waals surface area contributed by atoms with Crippen molar-refractivity contribution in [1.82, 2.24) is 9.97 Å². The summed E-state index contributed by atoms with van der Waals surface area (Å²) in [7, 11) is 0. The van der Waals surface area contributed by atoms with E-state index < -0.39 is 0 Å². The van der Waals surface area contributed by atoms with Gasteiger partial charge in [-0.1, -0.05) is 6.07 Å². The average molecular weight is 235 g/mol. The first-order chi connectivity index (χ1) is 6.38. The Labute approximate surface area is 92.9 Å². The molecule has 2 aromatic heterocycles. The molecule has 2 heterocycles. The zero-order valence-electron chi connectivity index (χ0n) is 7.31. The molecule has 2 rings (SSSR count). The molecule has 1 radical (unpaired) electrons. The van der Waals surface area contributed by atoms with E-state index in [1.54, 1.807) is 12.4 Å². The molecule has 0 spiro atoms. The summed E-state index contributed by atoms with van der Waals surface area (Å²) in [5.41, 5.74) is 7.95. The second kappa shape index (κ2) is 4.74. The van der Waals surface area contributed by atoms with Crippen molar-refractivity contribution in [3.05, 3.63) is 42.7 Å².